The lowest BCUT2D eigenvalue weighted by molar-refractivity contribution is -0.140. The van der Waals surface area contributed by atoms with Gasteiger partial charge in [-0.05, 0) is 74.7 Å². The van der Waals surface area contributed by atoms with Crippen molar-refractivity contribution >= 4 is 39.1 Å². The maximum absolute atomic E-state index is 14.1. The monoisotopic (exact) mass is 599 g/mol. The van der Waals surface area contributed by atoms with Gasteiger partial charge in [0.2, 0.25) is 11.8 Å². The molecule has 0 aliphatic heterocycles. The molecule has 220 valence electrons. The summed E-state index contributed by atoms with van der Waals surface area (Å²) in [5.74, 6) is -0.305. The van der Waals surface area contributed by atoms with Gasteiger partial charge in [0, 0.05) is 17.6 Å². The molecule has 41 heavy (non-hydrogen) atoms. The summed E-state index contributed by atoms with van der Waals surface area (Å²) in [5, 5.41) is 3.30. The summed E-state index contributed by atoms with van der Waals surface area (Å²) < 4.78 is 34.1. The van der Waals surface area contributed by atoms with Crippen molar-refractivity contribution in [2.24, 2.45) is 0 Å². The molecule has 2 amide bonds. The number of ether oxygens (including phenoxy) is 1. The Morgan fingerprint density at radius 1 is 0.976 bits per heavy atom. The predicted molar refractivity (Wildman–Crippen MR) is 163 cm³/mol. The Kier molecular flexibility index (Phi) is 11.2. The van der Waals surface area contributed by atoms with Crippen molar-refractivity contribution in [3.05, 3.63) is 88.9 Å². The number of rotatable bonds is 13. The molecule has 0 unspecified atom stereocenters. The highest BCUT2D eigenvalue weighted by Gasteiger charge is 2.34. The van der Waals surface area contributed by atoms with Crippen LogP contribution in [0.15, 0.2) is 77.7 Å². The number of anilines is 1. The summed E-state index contributed by atoms with van der Waals surface area (Å²) in [6.45, 7) is 7.27. The molecule has 3 rings (SSSR count). The summed E-state index contributed by atoms with van der Waals surface area (Å²) >= 11 is 6.23. The van der Waals surface area contributed by atoms with Crippen molar-refractivity contribution in [2.75, 3.05) is 18.0 Å². The van der Waals surface area contributed by atoms with Crippen molar-refractivity contribution in [3.8, 4) is 5.75 Å². The first kappa shape index (κ1) is 32.0. The number of benzene rings is 3. The minimum absolute atomic E-state index is 0.0160. The van der Waals surface area contributed by atoms with E-state index in [9.17, 15) is 18.0 Å². The third-order valence-corrected chi connectivity index (χ3v) is 8.91. The Labute approximate surface area is 248 Å². The molecule has 0 aliphatic rings. The Hall–Kier alpha value is -3.56. The number of amides is 2. The summed E-state index contributed by atoms with van der Waals surface area (Å²) in [4.78, 5) is 28.9. The van der Waals surface area contributed by atoms with Crippen LogP contribution in [0.5, 0.6) is 5.75 Å². The summed E-state index contributed by atoms with van der Waals surface area (Å²) in [6.07, 6.45) is 1.08. The third kappa shape index (κ3) is 8.24. The van der Waals surface area contributed by atoms with Crippen LogP contribution in [0.3, 0.4) is 0 Å². The fourth-order valence-electron chi connectivity index (χ4n) is 4.29. The molecule has 0 spiro atoms. The van der Waals surface area contributed by atoms with Gasteiger partial charge in [-0.2, -0.15) is 0 Å². The summed E-state index contributed by atoms with van der Waals surface area (Å²) in [5.41, 5.74) is 2.12. The average Bonchev–Trinajstić information content (AvgIpc) is 2.96. The number of aryl methyl sites for hydroxylation is 1. The van der Waals surface area contributed by atoms with Crippen LogP contribution < -0.4 is 14.4 Å². The number of halogens is 1. The Morgan fingerprint density at radius 2 is 1.63 bits per heavy atom. The molecule has 0 aromatic heterocycles. The van der Waals surface area contributed by atoms with Crippen LogP contribution in [-0.4, -0.2) is 50.9 Å². The topological polar surface area (TPSA) is 96.0 Å². The van der Waals surface area contributed by atoms with Gasteiger partial charge in [0.25, 0.3) is 10.0 Å². The van der Waals surface area contributed by atoms with Gasteiger partial charge in [-0.15, -0.1) is 0 Å². The van der Waals surface area contributed by atoms with Crippen LogP contribution in [0.1, 0.15) is 44.7 Å². The van der Waals surface area contributed by atoms with Crippen molar-refractivity contribution in [1.82, 2.24) is 10.2 Å². The first-order valence-corrected chi connectivity index (χ1v) is 15.4. The largest absolute Gasteiger partial charge is 0.497 e. The van der Waals surface area contributed by atoms with Crippen LogP contribution in [0.2, 0.25) is 5.02 Å². The van der Waals surface area contributed by atoms with Gasteiger partial charge in [-0.3, -0.25) is 13.9 Å². The molecule has 3 aromatic carbocycles. The number of nitrogens with zero attached hydrogens (tertiary/aromatic N) is 2. The van der Waals surface area contributed by atoms with E-state index >= 15 is 0 Å². The SMILES string of the molecule is CC[C@@H](C)NC(=O)[C@@H](CC)N(Cc1ccc(C)cc1)C(=O)CN(c1cccc(Cl)c1)S(=O)(=O)c1ccc(OC)cc1. The van der Waals surface area contributed by atoms with Gasteiger partial charge in [-0.1, -0.05) is 61.3 Å². The van der Waals surface area contributed by atoms with Crippen LogP contribution in [0.4, 0.5) is 5.69 Å². The minimum Gasteiger partial charge on any atom is -0.497 e. The van der Waals surface area contributed by atoms with Crippen LogP contribution in [0, 0.1) is 6.92 Å². The summed E-state index contributed by atoms with van der Waals surface area (Å²) in [6, 6.07) is 19.0. The van der Waals surface area contributed by atoms with E-state index in [4.69, 9.17) is 16.3 Å². The van der Waals surface area contributed by atoms with Crippen molar-refractivity contribution < 1.29 is 22.7 Å². The fourth-order valence-corrected chi connectivity index (χ4v) is 5.88. The van der Waals surface area contributed by atoms with Gasteiger partial charge >= 0.3 is 0 Å². The number of sulfonamides is 1. The van der Waals surface area contributed by atoms with E-state index in [0.717, 1.165) is 21.9 Å². The van der Waals surface area contributed by atoms with Gasteiger partial charge in [0.15, 0.2) is 0 Å². The first-order chi connectivity index (χ1) is 19.5. The van der Waals surface area contributed by atoms with Gasteiger partial charge in [0.05, 0.1) is 17.7 Å². The van der Waals surface area contributed by atoms with Crippen molar-refractivity contribution in [3.63, 3.8) is 0 Å². The molecule has 0 heterocycles. The van der Waals surface area contributed by atoms with E-state index in [-0.39, 0.29) is 29.1 Å². The molecule has 0 bridgehead atoms. The first-order valence-electron chi connectivity index (χ1n) is 13.6. The average molecular weight is 600 g/mol. The van der Waals surface area contributed by atoms with Crippen LogP contribution in [-0.2, 0) is 26.2 Å². The lowest BCUT2D eigenvalue weighted by Crippen LogP contribution is -2.53. The molecule has 0 aliphatic carbocycles. The van der Waals surface area contributed by atoms with Crippen molar-refractivity contribution in [1.29, 1.82) is 0 Å². The van der Waals surface area contributed by atoms with Gasteiger partial charge < -0.3 is 15.0 Å². The normalized spacial score (nSPS) is 12.7. The second-order valence-electron chi connectivity index (χ2n) is 9.92. The summed E-state index contributed by atoms with van der Waals surface area (Å²) in [7, 11) is -2.72. The Morgan fingerprint density at radius 3 is 2.20 bits per heavy atom. The van der Waals surface area contributed by atoms with E-state index in [1.807, 2.05) is 52.0 Å². The number of methoxy groups -OCH3 is 1. The number of hydrogen-bond acceptors (Lipinski definition) is 5. The maximum atomic E-state index is 14.1. The van der Waals surface area contributed by atoms with Gasteiger partial charge in [0.1, 0.15) is 18.3 Å². The highest BCUT2D eigenvalue weighted by atomic mass is 35.5. The standard InChI is InChI=1S/C31H38ClN3O5S/c1-6-23(4)33-31(37)29(7-2)34(20-24-13-11-22(3)12-14-24)30(36)21-35(26-10-8-9-25(32)19-26)41(38,39)28-17-15-27(40-5)16-18-28/h8-19,23,29H,6-7,20-21H2,1-5H3,(H,33,37)/t23-,29-/m1/s1. The zero-order chi connectivity index (χ0) is 30.2. The van der Waals surface area contributed by atoms with E-state index in [2.05, 4.69) is 5.32 Å². The van der Waals surface area contributed by atoms with E-state index in [0.29, 0.717) is 17.2 Å². The number of nitrogens with one attached hydrogen (secondary N) is 1. The molecule has 0 radical (unpaired) electrons. The lowest BCUT2D eigenvalue weighted by atomic mass is 10.1. The highest BCUT2D eigenvalue weighted by molar-refractivity contribution is 7.92. The number of carbonyl (C=O) groups is 2. The Balaban J connectivity index is 2.06. The molecule has 0 saturated carbocycles. The molecule has 10 heteroatoms. The van der Waals surface area contributed by atoms with Crippen LogP contribution in [0.25, 0.3) is 0 Å². The smallest absolute Gasteiger partial charge is 0.264 e. The number of hydrogen-bond donors (Lipinski definition) is 1. The Bertz CT molecular complexity index is 1430. The molecule has 1 N–H and O–H groups in total. The molecule has 2 atom stereocenters. The molecular weight excluding hydrogens is 562 g/mol. The molecule has 3 aromatic rings. The second kappa shape index (κ2) is 14.4. The quantitative estimate of drug-likeness (QED) is 0.277. The number of carbonyl (C=O) groups excluding carboxylic acids is 2. The zero-order valence-electron chi connectivity index (χ0n) is 24.1. The predicted octanol–water partition coefficient (Wildman–Crippen LogP) is 5.57. The van der Waals surface area contributed by atoms with E-state index in [1.54, 1.807) is 30.3 Å². The zero-order valence-corrected chi connectivity index (χ0v) is 25.7. The van der Waals surface area contributed by atoms with E-state index in [1.165, 1.54) is 30.2 Å². The van der Waals surface area contributed by atoms with Crippen LogP contribution >= 0.6 is 11.6 Å². The minimum atomic E-state index is -4.21. The highest BCUT2D eigenvalue weighted by Crippen LogP contribution is 2.28. The molecule has 8 nitrogen and oxygen atoms in total. The molecule has 0 saturated heterocycles. The van der Waals surface area contributed by atoms with Gasteiger partial charge in [-0.25, -0.2) is 8.42 Å². The molecule has 0 fully saturated rings. The van der Waals surface area contributed by atoms with Crippen molar-refractivity contribution in [2.45, 2.75) is 64.1 Å². The lowest BCUT2D eigenvalue weighted by Gasteiger charge is -2.33. The fraction of sp³-hybridized carbons (Fsp3) is 0.355. The second-order valence-corrected chi connectivity index (χ2v) is 12.2. The third-order valence-electron chi connectivity index (χ3n) is 6.88. The maximum Gasteiger partial charge on any atom is 0.264 e. The molecular formula is C31H38ClN3O5S. The van der Waals surface area contributed by atoms with E-state index < -0.39 is 28.5 Å².